The summed E-state index contributed by atoms with van der Waals surface area (Å²) < 4.78 is 94.1. The molecule has 0 spiro atoms. The van der Waals surface area contributed by atoms with Crippen LogP contribution in [0.3, 0.4) is 0 Å². The second-order valence-electron chi connectivity index (χ2n) is 8.16. The third-order valence-corrected chi connectivity index (χ3v) is 6.09. The maximum Gasteiger partial charge on any atom is 0.247 e. The van der Waals surface area contributed by atoms with Gasteiger partial charge in [0.2, 0.25) is 6.43 Å². The van der Waals surface area contributed by atoms with Gasteiger partial charge in [-0.15, -0.1) is 0 Å². The molecule has 2 nitrogen and oxygen atoms in total. The fraction of sp³-hybridized carbons (Fsp3) is 1.00. The Morgan fingerprint density at radius 1 is 0.731 bits per heavy atom. The molecular weight excluding hydrogens is 362 g/mol. The summed E-state index contributed by atoms with van der Waals surface area (Å²) in [6.45, 7) is 2.87. The van der Waals surface area contributed by atoms with Gasteiger partial charge in [-0.1, -0.05) is 6.92 Å². The van der Waals surface area contributed by atoms with Crippen molar-refractivity contribution in [2.75, 3.05) is 13.2 Å². The number of ether oxygens (including phenoxy) is 2. The normalized spacial score (nSPS) is 50.8. The van der Waals surface area contributed by atoms with Crippen molar-refractivity contribution >= 4 is 0 Å². The molecule has 3 rings (SSSR count). The molecule has 3 aliphatic rings. The monoisotopic (exact) mass is 388 g/mol. The minimum Gasteiger partial charge on any atom is -0.352 e. The lowest BCUT2D eigenvalue weighted by molar-refractivity contribution is -0.235. The summed E-state index contributed by atoms with van der Waals surface area (Å²) in [4.78, 5) is 0. The quantitative estimate of drug-likeness (QED) is 0.655. The Hall–Kier alpha value is -0.500. The highest BCUT2D eigenvalue weighted by atomic mass is 19.3. The van der Waals surface area contributed by atoms with Crippen molar-refractivity contribution in [2.24, 2.45) is 29.6 Å². The molecule has 4 atom stereocenters. The van der Waals surface area contributed by atoms with Crippen LogP contribution in [-0.4, -0.2) is 50.6 Å². The largest absolute Gasteiger partial charge is 0.352 e. The van der Waals surface area contributed by atoms with E-state index in [1.54, 1.807) is 0 Å². The summed E-state index contributed by atoms with van der Waals surface area (Å²) in [5.41, 5.74) is 0. The molecule has 0 bridgehead atoms. The second kappa shape index (κ2) is 8.25. The summed E-state index contributed by atoms with van der Waals surface area (Å²) in [5.74, 6) is -4.30. The first kappa shape index (κ1) is 20.2. The summed E-state index contributed by atoms with van der Waals surface area (Å²) in [6.07, 6.45) is -12.0. The molecule has 0 aromatic heterocycles. The van der Waals surface area contributed by atoms with Gasteiger partial charge in [0.25, 0.3) is 0 Å². The Morgan fingerprint density at radius 3 is 1.65 bits per heavy atom. The van der Waals surface area contributed by atoms with Gasteiger partial charge in [0.1, 0.15) is 24.7 Å². The zero-order chi connectivity index (χ0) is 19.0. The summed E-state index contributed by atoms with van der Waals surface area (Å²) in [7, 11) is 0. The van der Waals surface area contributed by atoms with E-state index >= 15 is 0 Å². The van der Waals surface area contributed by atoms with Crippen molar-refractivity contribution in [3.05, 3.63) is 0 Å². The van der Waals surface area contributed by atoms with Crippen LogP contribution in [0.4, 0.5) is 26.3 Å². The van der Waals surface area contributed by atoms with Crippen molar-refractivity contribution in [1.29, 1.82) is 0 Å². The maximum absolute atomic E-state index is 14.7. The number of rotatable bonds is 3. The van der Waals surface area contributed by atoms with E-state index in [1.807, 2.05) is 6.92 Å². The molecule has 26 heavy (non-hydrogen) atoms. The van der Waals surface area contributed by atoms with Crippen LogP contribution in [0.2, 0.25) is 0 Å². The lowest BCUT2D eigenvalue weighted by atomic mass is 9.66. The highest BCUT2D eigenvalue weighted by Crippen LogP contribution is 2.47. The van der Waals surface area contributed by atoms with Crippen LogP contribution >= 0.6 is 0 Å². The minimum atomic E-state index is -3.11. The number of halogens is 6. The van der Waals surface area contributed by atoms with E-state index in [2.05, 4.69) is 0 Å². The maximum atomic E-state index is 14.7. The molecule has 0 amide bonds. The third-order valence-electron chi connectivity index (χ3n) is 6.09. The fourth-order valence-corrected chi connectivity index (χ4v) is 4.76. The molecule has 3 fully saturated rings. The molecular formula is C18H26F6O2. The van der Waals surface area contributed by atoms with Crippen molar-refractivity contribution in [3.63, 3.8) is 0 Å². The first-order valence-electron chi connectivity index (χ1n) is 9.35. The van der Waals surface area contributed by atoms with Crippen LogP contribution in [0.5, 0.6) is 0 Å². The highest BCUT2D eigenvalue weighted by Gasteiger charge is 2.51. The summed E-state index contributed by atoms with van der Waals surface area (Å²) in [5, 5.41) is 0. The van der Waals surface area contributed by atoms with Crippen molar-refractivity contribution < 1.29 is 35.8 Å². The van der Waals surface area contributed by atoms with Crippen LogP contribution in [0.1, 0.15) is 32.6 Å². The van der Waals surface area contributed by atoms with E-state index in [4.69, 9.17) is 9.47 Å². The number of hydrogen-bond donors (Lipinski definition) is 0. The first-order valence-corrected chi connectivity index (χ1v) is 9.35. The SMILES string of the molecule is CC1COC(C2CC(F)C(C3CC(F)C(C(F)F)C(F)C3)C(F)C2)OC1. The van der Waals surface area contributed by atoms with Gasteiger partial charge in [-0.25, -0.2) is 26.3 Å². The Labute approximate surface area is 149 Å². The molecule has 1 heterocycles. The average Bonchev–Trinajstić information content (AvgIpc) is 2.53. The standard InChI is InChI=1S/C18H26F6O2/c1-8-6-25-18(26-7-8)10-4-11(19)15(12(20)5-10)9-2-13(21)16(17(23)24)14(22)3-9/h8-18H,2-7H2,1H3. The predicted octanol–water partition coefficient (Wildman–Crippen LogP) is 4.67. The molecule has 1 saturated heterocycles. The van der Waals surface area contributed by atoms with Gasteiger partial charge >= 0.3 is 0 Å². The van der Waals surface area contributed by atoms with E-state index in [0.717, 1.165) is 0 Å². The Kier molecular flexibility index (Phi) is 6.42. The number of alkyl halides is 6. The summed E-state index contributed by atoms with van der Waals surface area (Å²) in [6, 6.07) is 0. The second-order valence-corrected chi connectivity index (χ2v) is 8.16. The Balaban J connectivity index is 1.62. The Morgan fingerprint density at radius 2 is 1.19 bits per heavy atom. The minimum absolute atomic E-state index is 0.00713. The van der Waals surface area contributed by atoms with Gasteiger partial charge in [-0.3, -0.25) is 0 Å². The smallest absolute Gasteiger partial charge is 0.247 e. The predicted molar refractivity (Wildman–Crippen MR) is 82.9 cm³/mol. The average molecular weight is 388 g/mol. The van der Waals surface area contributed by atoms with Crippen molar-refractivity contribution in [2.45, 2.75) is 70.0 Å². The lowest BCUT2D eigenvalue weighted by Crippen LogP contribution is -2.49. The van der Waals surface area contributed by atoms with Gasteiger partial charge in [0.05, 0.1) is 19.1 Å². The van der Waals surface area contributed by atoms with Crippen LogP contribution in [0.15, 0.2) is 0 Å². The first-order chi connectivity index (χ1) is 12.3. The van der Waals surface area contributed by atoms with Gasteiger partial charge in [0.15, 0.2) is 6.29 Å². The molecule has 2 saturated carbocycles. The van der Waals surface area contributed by atoms with Gasteiger partial charge in [0, 0.05) is 17.8 Å². The molecule has 152 valence electrons. The van der Waals surface area contributed by atoms with Gasteiger partial charge < -0.3 is 9.47 Å². The zero-order valence-electron chi connectivity index (χ0n) is 14.7. The molecule has 0 radical (unpaired) electrons. The highest BCUT2D eigenvalue weighted by molar-refractivity contribution is 4.97. The molecule has 2 aliphatic carbocycles. The van der Waals surface area contributed by atoms with Crippen molar-refractivity contribution in [1.82, 2.24) is 0 Å². The molecule has 0 aromatic carbocycles. The zero-order valence-corrected chi connectivity index (χ0v) is 14.7. The fourth-order valence-electron chi connectivity index (χ4n) is 4.76. The molecule has 0 N–H and O–H groups in total. The van der Waals surface area contributed by atoms with E-state index in [-0.39, 0.29) is 18.8 Å². The van der Waals surface area contributed by atoms with Crippen LogP contribution < -0.4 is 0 Å². The van der Waals surface area contributed by atoms with Gasteiger partial charge in [-0.05, 0) is 31.6 Å². The summed E-state index contributed by atoms with van der Waals surface area (Å²) >= 11 is 0. The van der Waals surface area contributed by atoms with Crippen LogP contribution in [0.25, 0.3) is 0 Å². The van der Waals surface area contributed by atoms with E-state index in [9.17, 15) is 26.3 Å². The Bertz CT molecular complexity index is 435. The van der Waals surface area contributed by atoms with Crippen LogP contribution in [-0.2, 0) is 9.47 Å². The number of hydrogen-bond acceptors (Lipinski definition) is 2. The lowest BCUT2D eigenvalue weighted by Gasteiger charge is -2.45. The molecule has 4 unspecified atom stereocenters. The van der Waals surface area contributed by atoms with E-state index < -0.39 is 73.9 Å². The molecule has 0 aromatic rings. The van der Waals surface area contributed by atoms with E-state index in [1.165, 1.54) is 0 Å². The molecule has 1 aliphatic heterocycles. The van der Waals surface area contributed by atoms with Gasteiger partial charge in [-0.2, -0.15) is 0 Å². The molecule has 8 heteroatoms. The topological polar surface area (TPSA) is 18.5 Å². The van der Waals surface area contributed by atoms with E-state index in [0.29, 0.717) is 13.2 Å². The third kappa shape index (κ3) is 4.16. The van der Waals surface area contributed by atoms with Crippen LogP contribution in [0, 0.1) is 29.6 Å². The van der Waals surface area contributed by atoms with Crippen molar-refractivity contribution in [3.8, 4) is 0 Å².